The van der Waals surface area contributed by atoms with Crippen molar-refractivity contribution in [2.24, 2.45) is 0 Å². The summed E-state index contributed by atoms with van der Waals surface area (Å²) in [5.74, 6) is -1.96. The topological polar surface area (TPSA) is 139 Å². The monoisotopic (exact) mass is 539 g/mol. The number of halogens is 1. The number of aliphatic hydroxyl groups excluding tert-OH is 1. The van der Waals surface area contributed by atoms with Gasteiger partial charge in [0.1, 0.15) is 12.4 Å². The van der Waals surface area contributed by atoms with E-state index in [9.17, 15) is 9.59 Å². The summed E-state index contributed by atoms with van der Waals surface area (Å²) >= 11 is 0. The SMILES string of the molecule is CCOC(=O)C(Nc1ccc(C(=N)NOC(=O)c2ccccc2)cc1)c1cc(OCC)c(OCCO)cc1F. The number of carbonyl (C=O) groups excluding carboxylic acids is 2. The molecule has 0 heterocycles. The van der Waals surface area contributed by atoms with E-state index in [2.05, 4.69) is 10.8 Å². The Kier molecular flexibility index (Phi) is 10.6. The van der Waals surface area contributed by atoms with Gasteiger partial charge in [0, 0.05) is 22.9 Å². The van der Waals surface area contributed by atoms with Crippen LogP contribution in [0.3, 0.4) is 0 Å². The first-order valence-corrected chi connectivity index (χ1v) is 12.2. The first kappa shape index (κ1) is 28.9. The van der Waals surface area contributed by atoms with E-state index in [4.69, 9.17) is 29.6 Å². The van der Waals surface area contributed by atoms with Crippen molar-refractivity contribution >= 4 is 23.5 Å². The lowest BCUT2D eigenvalue weighted by molar-refractivity contribution is -0.144. The molecule has 1 atom stereocenters. The zero-order valence-electron chi connectivity index (χ0n) is 21.5. The van der Waals surface area contributed by atoms with Crippen LogP contribution in [0.15, 0.2) is 66.7 Å². The van der Waals surface area contributed by atoms with Crippen molar-refractivity contribution in [1.29, 1.82) is 5.41 Å². The molecule has 0 spiro atoms. The lowest BCUT2D eigenvalue weighted by Crippen LogP contribution is -2.27. The van der Waals surface area contributed by atoms with Gasteiger partial charge in [-0.25, -0.2) is 14.0 Å². The highest BCUT2D eigenvalue weighted by Crippen LogP contribution is 2.35. The Morgan fingerprint density at radius 3 is 2.28 bits per heavy atom. The average molecular weight is 540 g/mol. The van der Waals surface area contributed by atoms with E-state index < -0.39 is 23.8 Å². The summed E-state index contributed by atoms with van der Waals surface area (Å²) in [6.45, 7) is 3.41. The smallest absolute Gasteiger partial charge is 0.362 e. The summed E-state index contributed by atoms with van der Waals surface area (Å²) in [4.78, 5) is 29.9. The molecule has 0 aliphatic heterocycles. The molecular formula is C28H30FN3O7. The van der Waals surface area contributed by atoms with Crippen molar-refractivity contribution in [1.82, 2.24) is 5.48 Å². The third-order valence-corrected chi connectivity index (χ3v) is 5.28. The van der Waals surface area contributed by atoms with Gasteiger partial charge in [0.2, 0.25) is 0 Å². The molecule has 3 aromatic carbocycles. The molecular weight excluding hydrogens is 509 g/mol. The fourth-order valence-corrected chi connectivity index (χ4v) is 3.49. The molecule has 1 unspecified atom stereocenters. The van der Waals surface area contributed by atoms with Crippen LogP contribution in [0.25, 0.3) is 0 Å². The van der Waals surface area contributed by atoms with Gasteiger partial charge in [0.05, 0.1) is 25.4 Å². The Morgan fingerprint density at radius 2 is 1.64 bits per heavy atom. The van der Waals surface area contributed by atoms with Gasteiger partial charge in [0.15, 0.2) is 23.4 Å². The number of nitrogens with one attached hydrogen (secondary N) is 3. The summed E-state index contributed by atoms with van der Waals surface area (Å²) in [6.07, 6.45) is 0. The Hall–Kier alpha value is -4.64. The molecule has 0 fully saturated rings. The molecule has 0 bridgehead atoms. The van der Waals surface area contributed by atoms with E-state index in [1.807, 2.05) is 0 Å². The number of esters is 1. The fraction of sp³-hybridized carbons (Fsp3) is 0.250. The number of rotatable bonds is 12. The normalized spacial score (nSPS) is 11.2. The molecule has 206 valence electrons. The largest absolute Gasteiger partial charge is 0.490 e. The number of hydrogen-bond donors (Lipinski definition) is 4. The van der Waals surface area contributed by atoms with Crippen molar-refractivity contribution in [3.05, 3.63) is 89.2 Å². The van der Waals surface area contributed by atoms with Crippen molar-refractivity contribution in [2.45, 2.75) is 19.9 Å². The van der Waals surface area contributed by atoms with Crippen LogP contribution < -0.4 is 20.3 Å². The summed E-state index contributed by atoms with van der Waals surface area (Å²) in [6, 6.07) is 15.8. The number of aliphatic hydroxyl groups is 1. The van der Waals surface area contributed by atoms with Gasteiger partial charge in [0.25, 0.3) is 0 Å². The maximum absolute atomic E-state index is 15.2. The Labute approximate surface area is 225 Å². The van der Waals surface area contributed by atoms with Crippen molar-refractivity contribution in [3.8, 4) is 11.5 Å². The predicted molar refractivity (Wildman–Crippen MR) is 141 cm³/mol. The third-order valence-electron chi connectivity index (χ3n) is 5.28. The summed E-state index contributed by atoms with van der Waals surface area (Å²) in [5.41, 5.74) is 3.44. The van der Waals surface area contributed by atoms with Gasteiger partial charge in [-0.1, -0.05) is 18.2 Å². The van der Waals surface area contributed by atoms with E-state index in [1.54, 1.807) is 68.4 Å². The number of anilines is 1. The van der Waals surface area contributed by atoms with E-state index in [0.29, 0.717) is 16.8 Å². The second-order valence-electron chi connectivity index (χ2n) is 7.96. The van der Waals surface area contributed by atoms with E-state index in [-0.39, 0.29) is 49.3 Å². The Balaban J connectivity index is 1.77. The average Bonchev–Trinajstić information content (AvgIpc) is 2.95. The molecule has 39 heavy (non-hydrogen) atoms. The van der Waals surface area contributed by atoms with Crippen LogP contribution in [-0.2, 0) is 14.4 Å². The molecule has 3 rings (SSSR count). The summed E-state index contributed by atoms with van der Waals surface area (Å²) in [5, 5.41) is 20.1. The second-order valence-corrected chi connectivity index (χ2v) is 7.96. The molecule has 10 nitrogen and oxygen atoms in total. The minimum Gasteiger partial charge on any atom is -0.490 e. The maximum Gasteiger partial charge on any atom is 0.362 e. The van der Waals surface area contributed by atoms with Crippen molar-refractivity contribution in [2.75, 3.05) is 31.7 Å². The van der Waals surface area contributed by atoms with Crippen LogP contribution >= 0.6 is 0 Å². The van der Waals surface area contributed by atoms with Crippen molar-refractivity contribution in [3.63, 3.8) is 0 Å². The van der Waals surface area contributed by atoms with Gasteiger partial charge in [-0.05, 0) is 56.3 Å². The standard InChI is InChI=1S/C28H30FN3O7/c1-3-36-23-16-21(22(29)17-24(23)38-15-14-33)25(28(35)37-4-2)31-20-12-10-18(11-13-20)26(30)32-39-27(34)19-8-6-5-7-9-19/h5-13,16-17,25,31,33H,3-4,14-15H2,1-2H3,(H2,30,32). The van der Waals surface area contributed by atoms with Crippen LogP contribution in [0.5, 0.6) is 11.5 Å². The zero-order chi connectivity index (χ0) is 28.2. The van der Waals surface area contributed by atoms with Gasteiger partial charge in [-0.3, -0.25) is 5.41 Å². The molecule has 0 saturated heterocycles. The van der Waals surface area contributed by atoms with Gasteiger partial charge in [-0.2, -0.15) is 5.48 Å². The maximum atomic E-state index is 15.2. The minimum absolute atomic E-state index is 0.0282. The van der Waals surface area contributed by atoms with Gasteiger partial charge >= 0.3 is 11.9 Å². The zero-order valence-corrected chi connectivity index (χ0v) is 21.5. The summed E-state index contributed by atoms with van der Waals surface area (Å²) in [7, 11) is 0. The lowest BCUT2D eigenvalue weighted by Gasteiger charge is -2.21. The highest BCUT2D eigenvalue weighted by Gasteiger charge is 2.27. The van der Waals surface area contributed by atoms with Crippen LogP contribution in [0.4, 0.5) is 10.1 Å². The first-order valence-electron chi connectivity index (χ1n) is 12.2. The lowest BCUT2D eigenvalue weighted by atomic mass is 10.0. The number of hydroxylamine groups is 1. The molecule has 11 heteroatoms. The first-order chi connectivity index (χ1) is 18.9. The van der Waals surface area contributed by atoms with Gasteiger partial charge in [-0.15, -0.1) is 0 Å². The number of carbonyl (C=O) groups is 2. The quantitative estimate of drug-likeness (QED) is 0.116. The van der Waals surface area contributed by atoms with Crippen LogP contribution in [0.1, 0.15) is 41.4 Å². The van der Waals surface area contributed by atoms with Crippen LogP contribution in [-0.4, -0.2) is 49.3 Å². The van der Waals surface area contributed by atoms with E-state index in [0.717, 1.165) is 6.07 Å². The summed E-state index contributed by atoms with van der Waals surface area (Å²) < 4.78 is 31.3. The Morgan fingerprint density at radius 1 is 0.949 bits per heavy atom. The molecule has 0 aliphatic carbocycles. The number of ether oxygens (including phenoxy) is 3. The molecule has 0 radical (unpaired) electrons. The molecule has 4 N–H and O–H groups in total. The molecule has 3 aromatic rings. The molecule has 0 amide bonds. The van der Waals surface area contributed by atoms with Crippen LogP contribution in [0.2, 0.25) is 0 Å². The highest BCUT2D eigenvalue weighted by atomic mass is 19.1. The second kappa shape index (κ2) is 14.3. The molecule has 0 saturated carbocycles. The fourth-order valence-electron chi connectivity index (χ4n) is 3.49. The van der Waals surface area contributed by atoms with Crippen LogP contribution in [0, 0.1) is 11.2 Å². The van der Waals surface area contributed by atoms with Crippen molar-refractivity contribution < 1.29 is 38.1 Å². The van der Waals surface area contributed by atoms with Gasteiger partial charge < -0.3 is 29.5 Å². The molecule has 0 aliphatic rings. The number of hydrogen-bond acceptors (Lipinski definition) is 9. The highest BCUT2D eigenvalue weighted by molar-refractivity contribution is 5.97. The number of benzene rings is 3. The number of amidine groups is 1. The molecule has 0 aromatic heterocycles. The van der Waals surface area contributed by atoms with E-state index >= 15 is 4.39 Å². The van der Waals surface area contributed by atoms with E-state index in [1.165, 1.54) is 6.07 Å². The minimum atomic E-state index is -1.23. The third kappa shape index (κ3) is 7.92. The predicted octanol–water partition coefficient (Wildman–Crippen LogP) is 4.00. The Bertz CT molecular complexity index is 1270.